The second-order valence-corrected chi connectivity index (χ2v) is 7.08. The van der Waals surface area contributed by atoms with Gasteiger partial charge >= 0.3 is 6.09 Å². The highest BCUT2D eigenvalue weighted by Gasteiger charge is 2.33. The van der Waals surface area contributed by atoms with Crippen molar-refractivity contribution < 1.29 is 9.53 Å². The molecule has 1 aromatic carbocycles. The molecule has 1 aliphatic rings. The molecule has 1 heterocycles. The minimum atomic E-state index is -0.510. The number of nitrogens with zero attached hydrogens (tertiary/aromatic N) is 4. The van der Waals surface area contributed by atoms with Crippen LogP contribution in [0.2, 0.25) is 0 Å². The Morgan fingerprint density at radius 2 is 2.00 bits per heavy atom. The Balaban J connectivity index is 2.16. The summed E-state index contributed by atoms with van der Waals surface area (Å²) in [5.74, 6) is 0.658. The van der Waals surface area contributed by atoms with Crippen LogP contribution in [0.4, 0.5) is 4.79 Å². The predicted octanol–water partition coefficient (Wildman–Crippen LogP) is 3.25. The third-order valence-corrected chi connectivity index (χ3v) is 4.07. The number of amides is 1. The maximum absolute atomic E-state index is 12.5. The molecule has 6 nitrogen and oxygen atoms in total. The van der Waals surface area contributed by atoms with Gasteiger partial charge in [-0.15, -0.1) is 0 Å². The van der Waals surface area contributed by atoms with Crippen molar-refractivity contribution in [3.63, 3.8) is 0 Å². The Morgan fingerprint density at radius 3 is 2.56 bits per heavy atom. The minimum Gasteiger partial charge on any atom is -0.444 e. The van der Waals surface area contributed by atoms with Crippen molar-refractivity contribution in [2.24, 2.45) is 4.99 Å². The second-order valence-electron chi connectivity index (χ2n) is 7.08. The SMILES string of the molecule is CC[C@@H]1CN(C(=NC#N)c2ccccc2)CCN1C(=O)OC(C)(C)C. The highest BCUT2D eigenvalue weighted by molar-refractivity contribution is 5.99. The number of aliphatic imine (C=N–C) groups is 1. The quantitative estimate of drug-likeness (QED) is 0.470. The number of piperazine rings is 1. The summed E-state index contributed by atoms with van der Waals surface area (Å²) in [5.41, 5.74) is 0.397. The van der Waals surface area contributed by atoms with Crippen molar-refractivity contribution in [3.8, 4) is 6.19 Å². The summed E-state index contributed by atoms with van der Waals surface area (Å²) >= 11 is 0. The van der Waals surface area contributed by atoms with Gasteiger partial charge < -0.3 is 14.5 Å². The highest BCUT2D eigenvalue weighted by Crippen LogP contribution is 2.19. The van der Waals surface area contributed by atoms with E-state index in [4.69, 9.17) is 10.00 Å². The van der Waals surface area contributed by atoms with E-state index in [1.807, 2.05) is 57.3 Å². The summed E-state index contributed by atoms with van der Waals surface area (Å²) in [7, 11) is 0. The first-order valence-corrected chi connectivity index (χ1v) is 8.62. The number of carbonyl (C=O) groups excluding carboxylic acids is 1. The molecule has 1 fully saturated rings. The second kappa shape index (κ2) is 8.02. The van der Waals surface area contributed by atoms with Crippen LogP contribution in [0.15, 0.2) is 35.3 Å². The molecule has 0 bridgehead atoms. The zero-order valence-electron chi connectivity index (χ0n) is 15.4. The monoisotopic (exact) mass is 342 g/mol. The molecule has 0 spiro atoms. The lowest BCUT2D eigenvalue weighted by Gasteiger charge is -2.42. The number of benzene rings is 1. The standard InChI is InChI=1S/C19H26N4O2/c1-5-16-13-22(11-12-23(16)18(24)25-19(2,3)4)17(21-14-20)15-9-7-6-8-10-15/h6-10,16H,5,11-13H2,1-4H3/t16-/m1/s1. The molecule has 1 amide bonds. The number of ether oxygens (including phenoxy) is 1. The van der Waals surface area contributed by atoms with Gasteiger partial charge in [-0.05, 0) is 27.2 Å². The largest absolute Gasteiger partial charge is 0.444 e. The van der Waals surface area contributed by atoms with Crippen molar-refractivity contribution in [2.45, 2.75) is 45.8 Å². The maximum Gasteiger partial charge on any atom is 0.410 e. The van der Waals surface area contributed by atoms with E-state index in [-0.39, 0.29) is 12.1 Å². The lowest BCUT2D eigenvalue weighted by atomic mass is 10.1. The van der Waals surface area contributed by atoms with Crippen molar-refractivity contribution in [1.82, 2.24) is 9.80 Å². The van der Waals surface area contributed by atoms with E-state index in [9.17, 15) is 4.79 Å². The normalized spacial score (nSPS) is 18.7. The van der Waals surface area contributed by atoms with Crippen LogP contribution in [-0.4, -0.2) is 53.0 Å². The lowest BCUT2D eigenvalue weighted by Crippen LogP contribution is -2.57. The number of amidine groups is 1. The first kappa shape index (κ1) is 18.8. The molecular formula is C19H26N4O2. The van der Waals surface area contributed by atoms with E-state index in [1.54, 1.807) is 4.90 Å². The molecule has 0 saturated carbocycles. The molecule has 1 aromatic rings. The van der Waals surface area contributed by atoms with E-state index in [0.717, 1.165) is 12.0 Å². The zero-order valence-corrected chi connectivity index (χ0v) is 15.4. The van der Waals surface area contributed by atoms with E-state index >= 15 is 0 Å². The number of hydrogen-bond donors (Lipinski definition) is 0. The van der Waals surface area contributed by atoms with Gasteiger partial charge in [0.2, 0.25) is 6.19 Å². The summed E-state index contributed by atoms with van der Waals surface area (Å²) < 4.78 is 5.52. The topological polar surface area (TPSA) is 68.9 Å². The Morgan fingerprint density at radius 1 is 1.32 bits per heavy atom. The van der Waals surface area contributed by atoms with Crippen molar-refractivity contribution in [2.75, 3.05) is 19.6 Å². The van der Waals surface area contributed by atoms with Gasteiger partial charge in [0.05, 0.1) is 6.04 Å². The fourth-order valence-corrected chi connectivity index (χ4v) is 2.91. The summed E-state index contributed by atoms with van der Waals surface area (Å²) in [4.78, 5) is 20.4. The molecule has 2 rings (SSSR count). The molecule has 0 aliphatic carbocycles. The zero-order chi connectivity index (χ0) is 18.4. The van der Waals surface area contributed by atoms with Gasteiger partial charge in [-0.25, -0.2) is 4.79 Å². The van der Waals surface area contributed by atoms with Gasteiger partial charge in [-0.2, -0.15) is 10.3 Å². The molecule has 1 saturated heterocycles. The third-order valence-electron chi connectivity index (χ3n) is 4.07. The minimum absolute atomic E-state index is 0.0243. The summed E-state index contributed by atoms with van der Waals surface area (Å²) in [5, 5.41) is 9.07. The third kappa shape index (κ3) is 4.96. The van der Waals surface area contributed by atoms with Gasteiger partial charge in [0.25, 0.3) is 0 Å². The van der Waals surface area contributed by atoms with Crippen LogP contribution in [0.5, 0.6) is 0 Å². The fourth-order valence-electron chi connectivity index (χ4n) is 2.91. The van der Waals surface area contributed by atoms with E-state index in [1.165, 1.54) is 0 Å². The van der Waals surface area contributed by atoms with Gasteiger partial charge in [-0.1, -0.05) is 37.3 Å². The Labute approximate surface area is 149 Å². The van der Waals surface area contributed by atoms with Crippen LogP contribution >= 0.6 is 0 Å². The number of rotatable bonds is 2. The fraction of sp³-hybridized carbons (Fsp3) is 0.526. The molecule has 1 atom stereocenters. The smallest absolute Gasteiger partial charge is 0.410 e. The average Bonchev–Trinajstić information content (AvgIpc) is 2.58. The maximum atomic E-state index is 12.5. The molecule has 0 unspecified atom stereocenters. The molecule has 134 valence electrons. The predicted molar refractivity (Wildman–Crippen MR) is 97.2 cm³/mol. The molecule has 0 radical (unpaired) electrons. The first-order chi connectivity index (χ1) is 11.9. The van der Waals surface area contributed by atoms with Gasteiger partial charge in [0.15, 0.2) is 0 Å². The number of nitriles is 1. The Hall–Kier alpha value is -2.55. The lowest BCUT2D eigenvalue weighted by molar-refractivity contribution is 0.00479. The van der Waals surface area contributed by atoms with E-state index in [2.05, 4.69) is 16.8 Å². The molecule has 25 heavy (non-hydrogen) atoms. The van der Waals surface area contributed by atoms with Gasteiger partial charge in [-0.3, -0.25) is 0 Å². The van der Waals surface area contributed by atoms with Crippen LogP contribution in [0.25, 0.3) is 0 Å². The van der Waals surface area contributed by atoms with Crippen molar-refractivity contribution >= 4 is 11.9 Å². The Kier molecular flexibility index (Phi) is 6.02. The summed E-state index contributed by atoms with van der Waals surface area (Å²) in [6.07, 6.45) is 2.43. The number of hydrogen-bond acceptors (Lipinski definition) is 4. The highest BCUT2D eigenvalue weighted by atomic mass is 16.6. The van der Waals surface area contributed by atoms with Crippen LogP contribution in [-0.2, 0) is 4.74 Å². The molecule has 6 heteroatoms. The van der Waals surface area contributed by atoms with Crippen molar-refractivity contribution in [1.29, 1.82) is 5.26 Å². The van der Waals surface area contributed by atoms with Crippen LogP contribution in [0, 0.1) is 11.5 Å². The Bertz CT molecular complexity index is 658. The molecular weight excluding hydrogens is 316 g/mol. The van der Waals surface area contributed by atoms with Crippen LogP contribution in [0.3, 0.4) is 0 Å². The molecule has 0 aromatic heterocycles. The van der Waals surface area contributed by atoms with Crippen LogP contribution < -0.4 is 0 Å². The van der Waals surface area contributed by atoms with Gasteiger partial charge in [0, 0.05) is 25.2 Å². The summed E-state index contributed by atoms with van der Waals surface area (Å²) in [6, 6.07) is 9.70. The molecule has 0 N–H and O–H groups in total. The number of carbonyl (C=O) groups is 1. The average molecular weight is 342 g/mol. The van der Waals surface area contributed by atoms with Crippen LogP contribution in [0.1, 0.15) is 39.7 Å². The van der Waals surface area contributed by atoms with E-state index in [0.29, 0.717) is 25.5 Å². The molecule has 1 aliphatic heterocycles. The summed E-state index contributed by atoms with van der Waals surface area (Å²) in [6.45, 7) is 9.45. The van der Waals surface area contributed by atoms with E-state index < -0.39 is 5.60 Å². The first-order valence-electron chi connectivity index (χ1n) is 8.62. The van der Waals surface area contributed by atoms with Gasteiger partial charge in [0.1, 0.15) is 11.4 Å². The van der Waals surface area contributed by atoms with Crippen molar-refractivity contribution in [3.05, 3.63) is 35.9 Å².